The molecule has 0 aliphatic rings. The summed E-state index contributed by atoms with van der Waals surface area (Å²) in [5.74, 6) is 3.69. The van der Waals surface area contributed by atoms with Crippen molar-refractivity contribution < 1.29 is 9.47 Å². The Hall–Kier alpha value is -3.92. The highest BCUT2D eigenvalue weighted by Crippen LogP contribution is 2.40. The Labute approximate surface area is 265 Å². The Morgan fingerprint density at radius 1 is 0.432 bits per heavy atom. The SMILES string of the molecule is CCCCc1cc(-c2cc(CCCC)c(Oc3ccc(N)cc3)c(CCCC)c2)cc(CCCC)c1Oc1ccc(N)cc1. The molecule has 0 unspecified atom stereocenters. The topological polar surface area (TPSA) is 70.5 Å². The molecule has 0 heterocycles. The van der Waals surface area contributed by atoms with Gasteiger partial charge in [0.15, 0.2) is 0 Å². The molecule has 0 spiro atoms. The summed E-state index contributed by atoms with van der Waals surface area (Å²) in [6.07, 6.45) is 12.9. The van der Waals surface area contributed by atoms with Crippen molar-refractivity contribution in [2.24, 2.45) is 0 Å². The molecule has 0 aromatic heterocycles. The van der Waals surface area contributed by atoms with Gasteiger partial charge in [-0.1, -0.05) is 53.4 Å². The van der Waals surface area contributed by atoms with Gasteiger partial charge < -0.3 is 20.9 Å². The zero-order chi connectivity index (χ0) is 31.3. The minimum Gasteiger partial charge on any atom is -0.457 e. The third-order valence-corrected chi connectivity index (χ3v) is 8.22. The average Bonchev–Trinajstić information content (AvgIpc) is 3.04. The molecular weight excluding hydrogens is 540 g/mol. The molecule has 4 aromatic rings. The highest BCUT2D eigenvalue weighted by Gasteiger charge is 2.18. The van der Waals surface area contributed by atoms with E-state index in [4.69, 9.17) is 20.9 Å². The van der Waals surface area contributed by atoms with E-state index in [1.54, 1.807) is 0 Å². The van der Waals surface area contributed by atoms with E-state index in [0.717, 1.165) is 111 Å². The van der Waals surface area contributed by atoms with Gasteiger partial charge in [-0.2, -0.15) is 0 Å². The van der Waals surface area contributed by atoms with E-state index in [1.807, 2.05) is 48.5 Å². The van der Waals surface area contributed by atoms with Gasteiger partial charge in [0.1, 0.15) is 23.0 Å². The number of aryl methyl sites for hydroxylation is 4. The van der Waals surface area contributed by atoms with Crippen LogP contribution < -0.4 is 20.9 Å². The average molecular weight is 593 g/mol. The minimum absolute atomic E-state index is 0.742. The standard InChI is InChI=1S/C40H52N2O2/c1-5-9-13-29-25-33(26-30(14-10-6-2)39(29)43-37-21-17-35(41)18-22-37)34-27-31(15-11-7-3)40(32(28-34)16-12-8-4)44-38-23-19-36(42)20-24-38/h17-28H,5-16,41-42H2,1-4H3. The maximum atomic E-state index is 6.64. The Morgan fingerprint density at radius 2 is 0.705 bits per heavy atom. The molecule has 4 nitrogen and oxygen atoms in total. The molecule has 234 valence electrons. The summed E-state index contributed by atoms with van der Waals surface area (Å²) >= 11 is 0. The van der Waals surface area contributed by atoms with Gasteiger partial charge in [0.05, 0.1) is 0 Å². The third-order valence-electron chi connectivity index (χ3n) is 8.22. The van der Waals surface area contributed by atoms with Crippen molar-refractivity contribution >= 4 is 11.4 Å². The second-order valence-electron chi connectivity index (χ2n) is 12.0. The maximum absolute atomic E-state index is 6.64. The van der Waals surface area contributed by atoms with Crippen LogP contribution in [-0.2, 0) is 25.7 Å². The van der Waals surface area contributed by atoms with Crippen LogP contribution in [0.2, 0.25) is 0 Å². The first kappa shape index (κ1) is 33.0. The van der Waals surface area contributed by atoms with E-state index >= 15 is 0 Å². The highest BCUT2D eigenvalue weighted by atomic mass is 16.5. The number of hydrogen-bond acceptors (Lipinski definition) is 4. The van der Waals surface area contributed by atoms with Crippen molar-refractivity contribution in [1.29, 1.82) is 0 Å². The number of anilines is 2. The molecule has 0 radical (unpaired) electrons. The van der Waals surface area contributed by atoms with Gasteiger partial charge in [-0.3, -0.25) is 0 Å². The lowest BCUT2D eigenvalue weighted by molar-refractivity contribution is 0.467. The molecule has 0 amide bonds. The molecule has 0 saturated heterocycles. The van der Waals surface area contributed by atoms with Crippen molar-refractivity contribution in [3.63, 3.8) is 0 Å². The first-order valence-electron chi connectivity index (χ1n) is 16.8. The number of hydrogen-bond donors (Lipinski definition) is 2. The van der Waals surface area contributed by atoms with E-state index in [1.165, 1.54) is 33.4 Å². The van der Waals surface area contributed by atoms with Crippen LogP contribution in [0.4, 0.5) is 11.4 Å². The van der Waals surface area contributed by atoms with Crippen LogP contribution in [0, 0.1) is 0 Å². The molecule has 0 atom stereocenters. The second-order valence-corrected chi connectivity index (χ2v) is 12.0. The molecule has 0 fully saturated rings. The zero-order valence-electron chi connectivity index (χ0n) is 27.4. The predicted octanol–water partition coefficient (Wildman–Crippen LogP) is 11.5. The van der Waals surface area contributed by atoms with Crippen LogP contribution >= 0.6 is 0 Å². The molecule has 0 aliphatic heterocycles. The van der Waals surface area contributed by atoms with Gasteiger partial charge in [0.25, 0.3) is 0 Å². The van der Waals surface area contributed by atoms with Crippen LogP contribution in [-0.4, -0.2) is 0 Å². The van der Waals surface area contributed by atoms with Crippen LogP contribution in [0.3, 0.4) is 0 Å². The lowest BCUT2D eigenvalue weighted by atomic mass is 9.90. The molecule has 0 bridgehead atoms. The summed E-state index contributed by atoms with van der Waals surface area (Å²) < 4.78 is 13.3. The molecule has 4 heteroatoms. The summed E-state index contributed by atoms with van der Waals surface area (Å²) in [6.45, 7) is 9.01. The monoisotopic (exact) mass is 592 g/mol. The zero-order valence-corrected chi connectivity index (χ0v) is 27.4. The summed E-state index contributed by atoms with van der Waals surface area (Å²) in [5.41, 5.74) is 21.1. The Bertz CT molecular complexity index is 1290. The fourth-order valence-corrected chi connectivity index (χ4v) is 5.62. The van der Waals surface area contributed by atoms with Gasteiger partial charge in [-0.15, -0.1) is 0 Å². The van der Waals surface area contributed by atoms with Crippen LogP contribution in [0.5, 0.6) is 23.0 Å². The first-order valence-corrected chi connectivity index (χ1v) is 16.8. The maximum Gasteiger partial charge on any atom is 0.133 e. The van der Waals surface area contributed by atoms with Gasteiger partial charge in [-0.25, -0.2) is 0 Å². The fraction of sp³-hybridized carbons (Fsp3) is 0.400. The second kappa shape index (κ2) is 16.8. The highest BCUT2D eigenvalue weighted by molar-refractivity contribution is 5.71. The number of nitrogens with two attached hydrogens (primary N) is 2. The van der Waals surface area contributed by atoms with Crippen molar-refractivity contribution in [3.8, 4) is 34.1 Å². The molecule has 4 N–H and O–H groups in total. The van der Waals surface area contributed by atoms with E-state index < -0.39 is 0 Å². The number of benzene rings is 4. The van der Waals surface area contributed by atoms with E-state index in [0.29, 0.717) is 0 Å². The number of unbranched alkanes of at least 4 members (excludes halogenated alkanes) is 4. The first-order chi connectivity index (χ1) is 21.4. The molecule has 4 rings (SSSR count). The number of nitrogen functional groups attached to an aromatic ring is 2. The van der Waals surface area contributed by atoms with Crippen LogP contribution in [0.15, 0.2) is 72.8 Å². The van der Waals surface area contributed by atoms with E-state index in [-0.39, 0.29) is 0 Å². The predicted molar refractivity (Wildman–Crippen MR) is 188 cm³/mol. The summed E-state index contributed by atoms with van der Waals surface area (Å²) in [5, 5.41) is 0. The molecule has 0 saturated carbocycles. The summed E-state index contributed by atoms with van der Waals surface area (Å²) in [4.78, 5) is 0. The molecule has 44 heavy (non-hydrogen) atoms. The Morgan fingerprint density at radius 3 is 0.955 bits per heavy atom. The lowest BCUT2D eigenvalue weighted by Crippen LogP contribution is -2.02. The van der Waals surface area contributed by atoms with Crippen molar-refractivity contribution in [3.05, 3.63) is 95.1 Å². The van der Waals surface area contributed by atoms with Crippen LogP contribution in [0.1, 0.15) is 101 Å². The Balaban J connectivity index is 1.86. The smallest absolute Gasteiger partial charge is 0.133 e. The molecular formula is C40H52N2O2. The van der Waals surface area contributed by atoms with Gasteiger partial charge in [-0.05, 0) is 158 Å². The molecule has 0 aliphatic carbocycles. The van der Waals surface area contributed by atoms with Crippen molar-refractivity contribution in [2.75, 3.05) is 11.5 Å². The van der Waals surface area contributed by atoms with Gasteiger partial charge in [0, 0.05) is 11.4 Å². The quantitative estimate of drug-likeness (QED) is 0.120. The Kier molecular flexibility index (Phi) is 12.6. The number of rotatable bonds is 17. The lowest BCUT2D eigenvalue weighted by Gasteiger charge is -2.21. The third kappa shape index (κ3) is 9.05. The summed E-state index contributed by atoms with van der Waals surface area (Å²) in [6, 6.07) is 25.0. The van der Waals surface area contributed by atoms with E-state index in [9.17, 15) is 0 Å². The van der Waals surface area contributed by atoms with Gasteiger partial charge in [0.2, 0.25) is 0 Å². The minimum atomic E-state index is 0.742. The normalized spacial score (nSPS) is 11.1. The van der Waals surface area contributed by atoms with E-state index in [2.05, 4.69) is 52.0 Å². The number of ether oxygens (including phenoxy) is 2. The molecule has 4 aromatic carbocycles. The van der Waals surface area contributed by atoms with Crippen LogP contribution in [0.25, 0.3) is 11.1 Å². The summed E-state index contributed by atoms with van der Waals surface area (Å²) in [7, 11) is 0. The largest absolute Gasteiger partial charge is 0.457 e. The van der Waals surface area contributed by atoms with Crippen molar-refractivity contribution in [2.45, 2.75) is 105 Å². The van der Waals surface area contributed by atoms with Gasteiger partial charge >= 0.3 is 0 Å². The van der Waals surface area contributed by atoms with Crippen molar-refractivity contribution in [1.82, 2.24) is 0 Å². The fourth-order valence-electron chi connectivity index (χ4n) is 5.62.